The molecule has 364 valence electrons. The summed E-state index contributed by atoms with van der Waals surface area (Å²) in [5.41, 5.74) is 8.24. The Balaban J connectivity index is 0.000000176. The summed E-state index contributed by atoms with van der Waals surface area (Å²) < 4.78 is 24.5. The third-order valence-electron chi connectivity index (χ3n) is 12.2. The third-order valence-corrected chi connectivity index (χ3v) is 12.2. The van der Waals surface area contributed by atoms with Crippen LogP contribution in [0.4, 0.5) is 11.6 Å². The van der Waals surface area contributed by atoms with Gasteiger partial charge in [-0.05, 0) is 96.5 Å². The maximum absolute atomic E-state index is 11.7. The van der Waals surface area contributed by atoms with Crippen LogP contribution in [0.3, 0.4) is 0 Å². The molecule has 0 radical (unpaired) electrons. The fourth-order valence-corrected chi connectivity index (χ4v) is 8.80. The second-order valence-electron chi connectivity index (χ2n) is 16.6. The van der Waals surface area contributed by atoms with Crippen molar-refractivity contribution in [1.29, 1.82) is 0 Å². The first-order chi connectivity index (χ1) is 34.5. The fraction of sp³-hybridized carbons (Fsp3) is 0.263. The molecule has 4 N–H and O–H groups in total. The lowest BCUT2D eigenvalue weighted by Gasteiger charge is -2.25. The van der Waals surface area contributed by atoms with E-state index in [4.69, 9.17) is 18.9 Å². The number of amides is 2. The van der Waals surface area contributed by atoms with Crippen molar-refractivity contribution in [3.05, 3.63) is 168 Å². The first kappa shape index (κ1) is 49.2. The molecule has 12 rings (SSSR count). The highest BCUT2D eigenvalue weighted by molar-refractivity contribution is 5.94. The molecule has 0 aliphatic carbocycles. The molecule has 4 aromatic heterocycles. The van der Waals surface area contributed by atoms with Crippen molar-refractivity contribution in [2.24, 2.45) is 0 Å². The Morgan fingerprint density at radius 1 is 0.521 bits per heavy atom. The van der Waals surface area contributed by atoms with Crippen molar-refractivity contribution in [3.8, 4) is 57.0 Å². The largest absolute Gasteiger partial charge is 0.493 e. The van der Waals surface area contributed by atoms with Crippen LogP contribution in [-0.4, -0.2) is 54.9 Å². The van der Waals surface area contributed by atoms with Gasteiger partial charge in [0, 0.05) is 36.4 Å². The number of fused-ring (bicyclic) bond motifs is 4. The topological polar surface area (TPSA) is 178 Å². The highest BCUT2D eigenvalue weighted by Gasteiger charge is 2.27. The molecule has 8 heterocycles. The Morgan fingerprint density at radius 3 is 1.37 bits per heavy atom. The molecular formula is C57H60N8O6. The standard InChI is InChI=1S/2C26H22N4O3.2C2H6.CH4/c2*31-24-9-7-20-23(10-11-27-26(20)30-24)33-19-6-8-22-17(13-19)12-18(15-32-22)25-28-14-21(29-25)16-4-2-1-3-5-16;2*1-2;/h2*1-6,8,10-11,13-14,18H,7,9,12,15H2,(H,28,29)(H,27,30,31);2*1-2H3;1H4/t2*18-;;;/m10.../s1. The minimum atomic E-state index is -0.0162. The molecule has 0 saturated heterocycles. The van der Waals surface area contributed by atoms with Gasteiger partial charge in [0.05, 0.1) is 48.8 Å². The quantitative estimate of drug-likeness (QED) is 0.115. The van der Waals surface area contributed by atoms with Gasteiger partial charge in [-0.2, -0.15) is 0 Å². The van der Waals surface area contributed by atoms with Crippen molar-refractivity contribution >= 4 is 23.5 Å². The van der Waals surface area contributed by atoms with E-state index in [0.29, 0.717) is 62.0 Å². The summed E-state index contributed by atoms with van der Waals surface area (Å²) in [5, 5.41) is 5.63. The molecule has 4 aromatic carbocycles. The maximum Gasteiger partial charge on any atom is 0.225 e. The number of aromatic amines is 2. The Bertz CT molecular complexity index is 2870. The third kappa shape index (κ3) is 11.3. The highest BCUT2D eigenvalue weighted by atomic mass is 16.5. The van der Waals surface area contributed by atoms with E-state index in [-0.39, 0.29) is 31.1 Å². The number of carbonyl (C=O) groups excluding carboxylic acids is 2. The van der Waals surface area contributed by atoms with Crippen LogP contribution in [0.5, 0.6) is 34.5 Å². The number of rotatable bonds is 8. The summed E-state index contributed by atoms with van der Waals surface area (Å²) >= 11 is 0. The number of H-pyrrole nitrogens is 2. The molecule has 8 aromatic rings. The van der Waals surface area contributed by atoms with E-state index < -0.39 is 0 Å². The molecular weight excluding hydrogens is 893 g/mol. The van der Waals surface area contributed by atoms with E-state index in [0.717, 1.165) is 92.3 Å². The first-order valence-corrected chi connectivity index (χ1v) is 24.1. The number of benzene rings is 4. The minimum Gasteiger partial charge on any atom is -0.493 e. The van der Waals surface area contributed by atoms with Crippen molar-refractivity contribution < 1.29 is 28.5 Å². The van der Waals surface area contributed by atoms with E-state index in [1.165, 1.54) is 0 Å². The van der Waals surface area contributed by atoms with Crippen molar-refractivity contribution in [2.75, 3.05) is 23.8 Å². The summed E-state index contributed by atoms with van der Waals surface area (Å²) in [6, 6.07) is 35.8. The van der Waals surface area contributed by atoms with Crippen LogP contribution in [0.2, 0.25) is 0 Å². The van der Waals surface area contributed by atoms with Gasteiger partial charge in [-0.15, -0.1) is 0 Å². The molecule has 14 heteroatoms. The Labute approximate surface area is 414 Å². The summed E-state index contributed by atoms with van der Waals surface area (Å²) in [6.45, 7) is 9.15. The van der Waals surface area contributed by atoms with Crippen molar-refractivity contribution in [2.45, 2.75) is 85.5 Å². The summed E-state index contributed by atoms with van der Waals surface area (Å²) in [5.74, 6) is 7.87. The lowest BCUT2D eigenvalue weighted by Crippen LogP contribution is -2.20. The fourth-order valence-electron chi connectivity index (χ4n) is 8.80. The molecule has 4 aliphatic rings. The number of imidazole rings is 2. The molecule has 0 fully saturated rings. The number of aromatic nitrogens is 6. The van der Waals surface area contributed by atoms with Crippen molar-refractivity contribution in [3.63, 3.8) is 0 Å². The van der Waals surface area contributed by atoms with Crippen LogP contribution in [0.1, 0.15) is 93.7 Å². The van der Waals surface area contributed by atoms with E-state index in [9.17, 15) is 9.59 Å². The predicted molar refractivity (Wildman–Crippen MR) is 277 cm³/mol. The Kier molecular flexibility index (Phi) is 15.9. The zero-order valence-electron chi connectivity index (χ0n) is 39.8. The normalized spacial score (nSPS) is 15.8. The van der Waals surface area contributed by atoms with Gasteiger partial charge in [-0.1, -0.05) is 95.8 Å². The van der Waals surface area contributed by atoms with E-state index in [2.05, 4.69) is 64.8 Å². The summed E-state index contributed by atoms with van der Waals surface area (Å²) in [7, 11) is 0. The first-order valence-electron chi connectivity index (χ1n) is 24.1. The number of anilines is 2. The van der Waals surface area contributed by atoms with E-state index >= 15 is 0 Å². The van der Waals surface area contributed by atoms with Gasteiger partial charge in [-0.3, -0.25) is 9.59 Å². The SMILES string of the molecule is C.CC.CC.O=C1CCc2c(Oc3ccc4c(c3)C[C@@H](c3ncc(-c5ccccc5)[nH]3)CO4)ccnc2N1.O=C1CCc2c(Oc3ccc4c(c3)C[C@H](c3ncc(-c5ccccc5)[nH]3)CO4)ccnc2N1. The monoisotopic (exact) mass is 952 g/mol. The number of nitrogens with zero attached hydrogens (tertiary/aromatic N) is 4. The predicted octanol–water partition coefficient (Wildman–Crippen LogP) is 12.4. The number of hydrogen-bond acceptors (Lipinski definition) is 10. The van der Waals surface area contributed by atoms with E-state index in [1.54, 1.807) is 12.4 Å². The molecule has 14 nitrogen and oxygen atoms in total. The summed E-state index contributed by atoms with van der Waals surface area (Å²) in [6.07, 6.45) is 10.8. The average molecular weight is 953 g/mol. The maximum atomic E-state index is 11.7. The Hall–Kier alpha value is -8.26. The minimum absolute atomic E-state index is 0. The molecule has 0 unspecified atom stereocenters. The van der Waals surface area contributed by atoms with Crippen LogP contribution >= 0.6 is 0 Å². The lowest BCUT2D eigenvalue weighted by molar-refractivity contribution is -0.117. The number of ether oxygens (including phenoxy) is 4. The van der Waals surface area contributed by atoms with Crippen LogP contribution in [0, 0.1) is 0 Å². The smallest absolute Gasteiger partial charge is 0.225 e. The van der Waals surface area contributed by atoms with Gasteiger partial charge in [0.25, 0.3) is 0 Å². The molecule has 0 saturated carbocycles. The van der Waals surface area contributed by atoms with Crippen molar-refractivity contribution in [1.82, 2.24) is 29.9 Å². The number of pyridine rings is 2. The van der Waals surface area contributed by atoms with Crippen LogP contribution in [0.15, 0.2) is 134 Å². The van der Waals surface area contributed by atoms with Gasteiger partial charge in [0.15, 0.2) is 0 Å². The van der Waals surface area contributed by atoms with Crippen LogP contribution < -0.4 is 29.6 Å². The molecule has 2 amide bonds. The highest BCUT2D eigenvalue weighted by Crippen LogP contribution is 2.40. The average Bonchev–Trinajstić information content (AvgIpc) is 4.12. The second-order valence-corrected chi connectivity index (χ2v) is 16.6. The zero-order valence-corrected chi connectivity index (χ0v) is 39.8. The van der Waals surface area contributed by atoms with Gasteiger partial charge in [-0.25, -0.2) is 19.9 Å². The van der Waals surface area contributed by atoms with Gasteiger partial charge in [0.1, 0.15) is 57.8 Å². The van der Waals surface area contributed by atoms with Gasteiger partial charge >= 0.3 is 0 Å². The van der Waals surface area contributed by atoms with Gasteiger partial charge in [0.2, 0.25) is 11.8 Å². The number of hydrogen-bond donors (Lipinski definition) is 4. The Morgan fingerprint density at radius 2 is 0.944 bits per heavy atom. The molecule has 71 heavy (non-hydrogen) atoms. The molecule has 0 bridgehead atoms. The van der Waals surface area contributed by atoms with Gasteiger partial charge < -0.3 is 39.5 Å². The molecule has 0 spiro atoms. The lowest BCUT2D eigenvalue weighted by atomic mass is 9.96. The summed E-state index contributed by atoms with van der Waals surface area (Å²) in [4.78, 5) is 48.0. The van der Waals surface area contributed by atoms with Crippen LogP contribution in [-0.2, 0) is 35.3 Å². The molecule has 2 atom stereocenters. The number of nitrogens with one attached hydrogen (secondary N) is 4. The second kappa shape index (κ2) is 22.9. The number of carbonyl (C=O) groups is 2. The molecule has 4 aliphatic heterocycles. The van der Waals surface area contributed by atoms with Crippen LogP contribution in [0.25, 0.3) is 22.5 Å². The zero-order chi connectivity index (χ0) is 48.4. The van der Waals surface area contributed by atoms with E-state index in [1.807, 2.05) is 125 Å².